The van der Waals surface area contributed by atoms with Crippen LogP contribution >= 0.6 is 0 Å². The highest BCUT2D eigenvalue weighted by molar-refractivity contribution is 5.90. The van der Waals surface area contributed by atoms with E-state index in [9.17, 15) is 18.4 Å². The predicted molar refractivity (Wildman–Crippen MR) is 72.1 cm³/mol. The van der Waals surface area contributed by atoms with E-state index in [1.807, 2.05) is 0 Å². The van der Waals surface area contributed by atoms with Crippen LogP contribution in [0.4, 0.5) is 19.3 Å². The normalized spacial score (nSPS) is 11.0. The SMILES string of the molecule is COC(=O)c1ccc(NC(=O)OC(C)(C)C)c(OC(F)F)n1. The highest BCUT2D eigenvalue weighted by Gasteiger charge is 2.21. The minimum absolute atomic E-state index is 0.165. The van der Waals surface area contributed by atoms with Gasteiger partial charge >= 0.3 is 18.7 Å². The number of carbonyl (C=O) groups excluding carboxylic acids is 2. The molecule has 0 aliphatic rings. The van der Waals surface area contributed by atoms with Gasteiger partial charge in [0.15, 0.2) is 5.69 Å². The van der Waals surface area contributed by atoms with Gasteiger partial charge in [-0.05, 0) is 32.9 Å². The first-order chi connectivity index (χ1) is 10.1. The van der Waals surface area contributed by atoms with Crippen LogP contribution < -0.4 is 10.1 Å². The van der Waals surface area contributed by atoms with Crippen LogP contribution in [0.5, 0.6) is 5.88 Å². The monoisotopic (exact) mass is 318 g/mol. The second-order valence-electron chi connectivity index (χ2n) is 5.05. The number of alkyl halides is 2. The third kappa shape index (κ3) is 5.51. The summed E-state index contributed by atoms with van der Waals surface area (Å²) in [4.78, 5) is 26.6. The summed E-state index contributed by atoms with van der Waals surface area (Å²) in [6, 6.07) is 2.37. The number of anilines is 1. The summed E-state index contributed by atoms with van der Waals surface area (Å²) in [5, 5.41) is 2.22. The fourth-order valence-corrected chi connectivity index (χ4v) is 1.34. The van der Waals surface area contributed by atoms with Crippen LogP contribution in [-0.4, -0.2) is 36.4 Å². The molecule has 0 unspecified atom stereocenters. The first kappa shape index (κ1) is 17.6. The number of esters is 1. The Morgan fingerprint density at radius 1 is 1.27 bits per heavy atom. The number of nitrogens with one attached hydrogen (secondary N) is 1. The van der Waals surface area contributed by atoms with Gasteiger partial charge in [-0.25, -0.2) is 14.6 Å². The Kier molecular flexibility index (Phi) is 5.61. The third-order valence-corrected chi connectivity index (χ3v) is 2.09. The molecule has 0 radical (unpaired) electrons. The van der Waals surface area contributed by atoms with Gasteiger partial charge in [0.1, 0.15) is 11.3 Å². The number of carbonyl (C=O) groups is 2. The maximum atomic E-state index is 12.4. The fourth-order valence-electron chi connectivity index (χ4n) is 1.34. The molecule has 9 heteroatoms. The van der Waals surface area contributed by atoms with Crippen molar-refractivity contribution in [2.45, 2.75) is 33.0 Å². The Bertz CT molecular complexity index is 558. The van der Waals surface area contributed by atoms with Crippen molar-refractivity contribution < 1.29 is 32.6 Å². The summed E-state index contributed by atoms with van der Waals surface area (Å²) in [5.41, 5.74) is -1.18. The van der Waals surface area contributed by atoms with E-state index < -0.39 is 30.2 Å². The van der Waals surface area contributed by atoms with Crippen LogP contribution in [0.3, 0.4) is 0 Å². The van der Waals surface area contributed by atoms with Crippen molar-refractivity contribution in [2.75, 3.05) is 12.4 Å². The number of halogens is 2. The highest BCUT2D eigenvalue weighted by atomic mass is 19.3. The number of ether oxygens (including phenoxy) is 3. The lowest BCUT2D eigenvalue weighted by Gasteiger charge is -2.20. The van der Waals surface area contributed by atoms with E-state index in [1.54, 1.807) is 20.8 Å². The van der Waals surface area contributed by atoms with E-state index in [-0.39, 0.29) is 11.4 Å². The smallest absolute Gasteiger partial charge is 0.412 e. The average Bonchev–Trinajstić information content (AvgIpc) is 2.37. The molecule has 1 aromatic rings. The number of amides is 1. The molecule has 0 aliphatic heterocycles. The number of pyridine rings is 1. The molecule has 1 aromatic heterocycles. The van der Waals surface area contributed by atoms with E-state index in [0.29, 0.717) is 0 Å². The number of aromatic nitrogens is 1. The molecule has 0 aliphatic carbocycles. The lowest BCUT2D eigenvalue weighted by atomic mass is 10.2. The summed E-state index contributed by atoms with van der Waals surface area (Å²) >= 11 is 0. The van der Waals surface area contributed by atoms with Crippen molar-refractivity contribution in [2.24, 2.45) is 0 Å². The van der Waals surface area contributed by atoms with Gasteiger partial charge in [-0.2, -0.15) is 8.78 Å². The van der Waals surface area contributed by atoms with Gasteiger partial charge in [0.05, 0.1) is 7.11 Å². The molecule has 0 fully saturated rings. The van der Waals surface area contributed by atoms with Crippen LogP contribution in [0.2, 0.25) is 0 Å². The van der Waals surface area contributed by atoms with Crippen molar-refractivity contribution in [1.82, 2.24) is 4.98 Å². The van der Waals surface area contributed by atoms with E-state index in [1.165, 1.54) is 12.1 Å². The van der Waals surface area contributed by atoms with Crippen LogP contribution in [-0.2, 0) is 9.47 Å². The Labute approximate surface area is 125 Å². The minimum atomic E-state index is -3.18. The zero-order chi connectivity index (χ0) is 16.9. The molecule has 0 spiro atoms. The molecule has 1 rings (SSSR count). The zero-order valence-corrected chi connectivity index (χ0v) is 12.5. The summed E-state index contributed by atoms with van der Waals surface area (Å²) < 4.78 is 38.4. The molecule has 1 amide bonds. The van der Waals surface area contributed by atoms with Crippen LogP contribution in [0.25, 0.3) is 0 Å². The van der Waals surface area contributed by atoms with Gasteiger partial charge < -0.3 is 14.2 Å². The molecule has 0 aromatic carbocycles. The van der Waals surface area contributed by atoms with Crippen molar-refractivity contribution in [3.8, 4) is 5.88 Å². The number of hydrogen-bond acceptors (Lipinski definition) is 6. The van der Waals surface area contributed by atoms with Crippen LogP contribution in [0.1, 0.15) is 31.3 Å². The van der Waals surface area contributed by atoms with E-state index >= 15 is 0 Å². The maximum Gasteiger partial charge on any atom is 0.412 e. The minimum Gasteiger partial charge on any atom is -0.464 e. The Balaban J connectivity index is 3.02. The molecule has 0 saturated carbocycles. The number of nitrogens with zero attached hydrogens (tertiary/aromatic N) is 1. The number of rotatable bonds is 4. The molecule has 1 heterocycles. The van der Waals surface area contributed by atoms with Gasteiger partial charge in [0.25, 0.3) is 0 Å². The van der Waals surface area contributed by atoms with Gasteiger partial charge in [-0.1, -0.05) is 0 Å². The molecular formula is C13H16F2N2O5. The molecule has 0 atom stereocenters. The second kappa shape index (κ2) is 7.01. The lowest BCUT2D eigenvalue weighted by molar-refractivity contribution is -0.0525. The van der Waals surface area contributed by atoms with Crippen LogP contribution in [0, 0.1) is 0 Å². The second-order valence-corrected chi connectivity index (χ2v) is 5.05. The van der Waals surface area contributed by atoms with E-state index in [4.69, 9.17) is 4.74 Å². The average molecular weight is 318 g/mol. The predicted octanol–water partition coefficient (Wildman–Crippen LogP) is 2.82. The molecule has 22 heavy (non-hydrogen) atoms. The maximum absolute atomic E-state index is 12.4. The highest BCUT2D eigenvalue weighted by Crippen LogP contribution is 2.25. The first-order valence-corrected chi connectivity index (χ1v) is 6.16. The molecule has 7 nitrogen and oxygen atoms in total. The summed E-state index contributed by atoms with van der Waals surface area (Å²) in [7, 11) is 1.12. The molecule has 122 valence electrons. The third-order valence-electron chi connectivity index (χ3n) is 2.09. The van der Waals surface area contributed by atoms with Crippen LogP contribution in [0.15, 0.2) is 12.1 Å². The molecule has 0 saturated heterocycles. The van der Waals surface area contributed by atoms with E-state index in [0.717, 1.165) is 7.11 Å². The topological polar surface area (TPSA) is 86.8 Å². The molecule has 1 N–H and O–H groups in total. The largest absolute Gasteiger partial charge is 0.464 e. The quantitative estimate of drug-likeness (QED) is 0.859. The van der Waals surface area contributed by atoms with Gasteiger partial charge in [-0.3, -0.25) is 5.32 Å². The summed E-state index contributed by atoms with van der Waals surface area (Å²) in [6.07, 6.45) is -0.876. The number of hydrogen-bond donors (Lipinski definition) is 1. The molecular weight excluding hydrogens is 302 g/mol. The zero-order valence-electron chi connectivity index (χ0n) is 12.5. The fraction of sp³-hybridized carbons (Fsp3) is 0.462. The summed E-state index contributed by atoms with van der Waals surface area (Å²) in [6.45, 7) is 1.74. The Morgan fingerprint density at radius 3 is 2.41 bits per heavy atom. The van der Waals surface area contributed by atoms with Gasteiger partial charge in [0.2, 0.25) is 5.88 Å². The Hall–Kier alpha value is -2.45. The molecule has 0 bridgehead atoms. The van der Waals surface area contributed by atoms with Crippen molar-refractivity contribution in [1.29, 1.82) is 0 Å². The van der Waals surface area contributed by atoms with Crippen molar-refractivity contribution in [3.05, 3.63) is 17.8 Å². The Morgan fingerprint density at radius 2 is 1.91 bits per heavy atom. The first-order valence-electron chi connectivity index (χ1n) is 6.16. The van der Waals surface area contributed by atoms with E-state index in [2.05, 4.69) is 19.8 Å². The van der Waals surface area contributed by atoms with Crippen molar-refractivity contribution >= 4 is 17.7 Å². The van der Waals surface area contributed by atoms with Crippen molar-refractivity contribution in [3.63, 3.8) is 0 Å². The van der Waals surface area contributed by atoms with Gasteiger partial charge in [-0.15, -0.1) is 0 Å². The lowest BCUT2D eigenvalue weighted by Crippen LogP contribution is -2.27. The van der Waals surface area contributed by atoms with Gasteiger partial charge in [0, 0.05) is 0 Å². The summed E-state index contributed by atoms with van der Waals surface area (Å²) in [5.74, 6) is -1.45. The standard InChI is InChI=1S/C13H16F2N2O5/c1-13(2,3)22-12(19)17-7-5-6-8(10(18)20-4)16-9(7)21-11(14)15/h5-6,11H,1-4H3,(H,17,19). The number of methoxy groups -OCH3 is 1.